The molecule has 0 bridgehead atoms. The van der Waals surface area contributed by atoms with E-state index in [1.54, 1.807) is 9.58 Å². The monoisotopic (exact) mass is 764 g/mol. The fourth-order valence-corrected chi connectivity index (χ4v) is 9.10. The maximum absolute atomic E-state index is 14.3. The second kappa shape index (κ2) is 13.6. The van der Waals surface area contributed by atoms with Crippen molar-refractivity contribution in [1.82, 2.24) is 29.5 Å². The average Bonchev–Trinajstić information content (AvgIpc) is 3.88. The Bertz CT molecular complexity index is 1930. The molecule has 8 rings (SSSR count). The Morgan fingerprint density at radius 3 is 2.65 bits per heavy atom. The lowest BCUT2D eigenvalue weighted by Crippen LogP contribution is -2.43. The summed E-state index contributed by atoms with van der Waals surface area (Å²) in [6, 6.07) is 2.38. The highest BCUT2D eigenvalue weighted by Gasteiger charge is 2.47. The summed E-state index contributed by atoms with van der Waals surface area (Å²) in [6.07, 6.45) is -0.349. The third-order valence-corrected chi connectivity index (χ3v) is 11.7. The number of fused-ring (bicyclic) bond motifs is 3. The van der Waals surface area contributed by atoms with Gasteiger partial charge in [-0.3, -0.25) is 14.4 Å². The second-order valence-electron chi connectivity index (χ2n) is 14.3. The van der Waals surface area contributed by atoms with Gasteiger partial charge in [0.1, 0.15) is 12.4 Å². The summed E-state index contributed by atoms with van der Waals surface area (Å²) < 4.78 is 70.8. The number of anilines is 2. The Morgan fingerprint density at radius 2 is 1.88 bits per heavy atom. The number of aryl methyl sites for hydroxylation is 1. The maximum atomic E-state index is 14.3. The lowest BCUT2D eigenvalue weighted by molar-refractivity contribution is -0.139. The molecule has 3 fully saturated rings. The number of halogens is 6. The van der Waals surface area contributed by atoms with Crippen molar-refractivity contribution in [3.63, 3.8) is 0 Å². The number of hydrogen-bond donors (Lipinski definition) is 1. The summed E-state index contributed by atoms with van der Waals surface area (Å²) in [5.74, 6) is 0.303. The van der Waals surface area contributed by atoms with Crippen molar-refractivity contribution >= 4 is 40.6 Å². The molecule has 7 heterocycles. The zero-order chi connectivity index (χ0) is 36.4. The van der Waals surface area contributed by atoms with E-state index in [1.807, 2.05) is 4.90 Å². The minimum Gasteiger partial charge on any atom is -0.461 e. The molecule has 1 aromatic carbocycles. The molecule has 0 radical (unpaired) electrons. The summed E-state index contributed by atoms with van der Waals surface area (Å²) in [6.45, 7) is 4.12. The average molecular weight is 766 g/mol. The molecule has 0 spiro atoms. The number of carbonyl (C=O) groups excluding carboxylic acids is 1. The molecule has 0 saturated carbocycles. The van der Waals surface area contributed by atoms with Crippen molar-refractivity contribution in [1.29, 1.82) is 0 Å². The van der Waals surface area contributed by atoms with Crippen molar-refractivity contribution in [3.05, 3.63) is 67.9 Å². The smallest absolute Gasteiger partial charge is 0.418 e. The molecule has 2 N–H and O–H groups in total. The molecule has 11 nitrogen and oxygen atoms in total. The van der Waals surface area contributed by atoms with Crippen LogP contribution in [0.25, 0.3) is 0 Å². The molecule has 0 aliphatic carbocycles. The van der Waals surface area contributed by atoms with E-state index in [0.29, 0.717) is 80.2 Å². The van der Waals surface area contributed by atoms with Crippen LogP contribution in [-0.2, 0) is 37.0 Å². The van der Waals surface area contributed by atoms with Gasteiger partial charge < -0.3 is 25.0 Å². The van der Waals surface area contributed by atoms with E-state index >= 15 is 0 Å². The van der Waals surface area contributed by atoms with Crippen LogP contribution in [0.1, 0.15) is 83.2 Å². The molecule has 278 valence electrons. The van der Waals surface area contributed by atoms with Crippen LogP contribution in [0, 0.1) is 0 Å². The number of ether oxygens (including phenoxy) is 2. The minimum atomic E-state index is -4.75. The van der Waals surface area contributed by atoms with Gasteiger partial charge in [0.25, 0.3) is 5.91 Å². The summed E-state index contributed by atoms with van der Waals surface area (Å²) in [5, 5.41) is 4.40. The van der Waals surface area contributed by atoms with Crippen LogP contribution in [0.15, 0.2) is 24.0 Å². The molecule has 5 aliphatic rings. The number of nitrogen functional groups attached to an aromatic ring is 1. The van der Waals surface area contributed by atoms with Gasteiger partial charge in [0, 0.05) is 50.4 Å². The summed E-state index contributed by atoms with van der Waals surface area (Å²) >= 11 is 13.0. The normalized spacial score (nSPS) is 24.3. The van der Waals surface area contributed by atoms with E-state index in [0.717, 1.165) is 38.3 Å². The predicted octanol–water partition coefficient (Wildman–Crippen LogP) is 6.51. The molecule has 17 heteroatoms. The van der Waals surface area contributed by atoms with Gasteiger partial charge in [0.05, 0.1) is 58.1 Å². The van der Waals surface area contributed by atoms with Gasteiger partial charge in [-0.25, -0.2) is 4.39 Å². The zero-order valence-corrected chi connectivity index (χ0v) is 29.8. The van der Waals surface area contributed by atoms with E-state index in [4.69, 9.17) is 48.4 Å². The Labute approximate surface area is 307 Å². The molecule has 5 aliphatic heterocycles. The zero-order valence-electron chi connectivity index (χ0n) is 28.3. The molecule has 2 atom stereocenters. The van der Waals surface area contributed by atoms with E-state index in [1.165, 1.54) is 6.07 Å². The van der Waals surface area contributed by atoms with Crippen LogP contribution in [-0.4, -0.2) is 80.3 Å². The van der Waals surface area contributed by atoms with E-state index in [9.17, 15) is 22.4 Å². The first-order valence-corrected chi connectivity index (χ1v) is 18.3. The highest BCUT2D eigenvalue weighted by molar-refractivity contribution is 6.34. The molecule has 3 aromatic rings. The van der Waals surface area contributed by atoms with E-state index < -0.39 is 28.4 Å². The van der Waals surface area contributed by atoms with Gasteiger partial charge in [0.2, 0.25) is 0 Å². The first-order chi connectivity index (χ1) is 24.9. The number of carbonyl (C=O) groups is 1. The molecule has 1 amide bonds. The van der Waals surface area contributed by atoms with Gasteiger partial charge in [-0.2, -0.15) is 28.2 Å². The van der Waals surface area contributed by atoms with Gasteiger partial charge in [-0.15, -0.1) is 0 Å². The quantitative estimate of drug-likeness (QED) is 0.222. The van der Waals surface area contributed by atoms with Crippen molar-refractivity contribution < 1.29 is 31.8 Å². The van der Waals surface area contributed by atoms with Gasteiger partial charge in [-0.05, 0) is 68.3 Å². The van der Waals surface area contributed by atoms with Crippen molar-refractivity contribution in [2.75, 3.05) is 50.0 Å². The van der Waals surface area contributed by atoms with Gasteiger partial charge in [0.15, 0.2) is 5.69 Å². The van der Waals surface area contributed by atoms with Crippen LogP contribution in [0.4, 0.5) is 29.1 Å². The molecular formula is C35H38Cl2F4N8O3. The van der Waals surface area contributed by atoms with Crippen molar-refractivity contribution in [3.8, 4) is 6.01 Å². The molecule has 52 heavy (non-hydrogen) atoms. The van der Waals surface area contributed by atoms with Crippen LogP contribution in [0.3, 0.4) is 0 Å². The largest absolute Gasteiger partial charge is 0.461 e. The number of hydrogen-bond acceptors (Lipinski definition) is 9. The summed E-state index contributed by atoms with van der Waals surface area (Å²) in [4.78, 5) is 29.0. The fraction of sp³-hybridized carbons (Fsp3) is 0.543. The van der Waals surface area contributed by atoms with Crippen molar-refractivity contribution in [2.24, 2.45) is 0 Å². The Kier molecular flexibility index (Phi) is 9.28. The van der Waals surface area contributed by atoms with E-state index in [-0.39, 0.29) is 60.1 Å². The number of benzene rings is 1. The maximum Gasteiger partial charge on any atom is 0.418 e. The summed E-state index contributed by atoms with van der Waals surface area (Å²) in [5.41, 5.74) is 7.13. The first kappa shape index (κ1) is 35.4. The second-order valence-corrected chi connectivity index (χ2v) is 15.1. The molecule has 2 aromatic heterocycles. The van der Waals surface area contributed by atoms with Gasteiger partial charge in [-0.1, -0.05) is 23.2 Å². The number of likely N-dealkylation sites (tertiary alicyclic amines) is 1. The van der Waals surface area contributed by atoms with Crippen LogP contribution >= 0.6 is 23.2 Å². The topological polar surface area (TPSA) is 115 Å². The number of nitrogens with two attached hydrogens (primary N) is 1. The molecule has 0 unspecified atom stereocenters. The van der Waals surface area contributed by atoms with Crippen LogP contribution in [0.2, 0.25) is 10.0 Å². The highest BCUT2D eigenvalue weighted by atomic mass is 35.5. The lowest BCUT2D eigenvalue weighted by atomic mass is 9.94. The molecular weight excluding hydrogens is 727 g/mol. The number of aromatic nitrogens is 4. The number of amides is 1. The van der Waals surface area contributed by atoms with Crippen LogP contribution in [0.5, 0.6) is 6.01 Å². The Balaban J connectivity index is 1.15. The summed E-state index contributed by atoms with van der Waals surface area (Å²) in [7, 11) is 0. The molecule has 3 saturated heterocycles. The Hall–Kier alpha value is -3.66. The first-order valence-electron chi connectivity index (χ1n) is 17.6. The standard InChI is InChI=1S/C35H38Cl2F4N8O3/c36-24-12-21(42)11-22(28(24)35(39,40)41)27-13-25-23(18-51-27)31(44-33(43-25)52-19-34-5-3-9-48(34)16-20(14-34)15-38)47-8-4-10-49-26(17-47)29(37)30(45-49)32(50)46-6-1-2-7-46/h11-12,15,27H,1-10,13-14,16-19,42H2/b20-15-/t27-,34-/m0/s1. The third-order valence-electron chi connectivity index (χ3n) is 11.0. The highest BCUT2D eigenvalue weighted by Crippen LogP contribution is 2.46. The minimum absolute atomic E-state index is 0.0307. The number of rotatable bonds is 6. The third kappa shape index (κ3) is 6.36. The van der Waals surface area contributed by atoms with Gasteiger partial charge >= 0.3 is 12.2 Å². The lowest BCUT2D eigenvalue weighted by Gasteiger charge is -2.33. The van der Waals surface area contributed by atoms with Crippen molar-refractivity contribution in [2.45, 2.75) is 82.5 Å². The van der Waals surface area contributed by atoms with E-state index in [2.05, 4.69) is 10.00 Å². The number of alkyl halides is 3. The fourth-order valence-electron chi connectivity index (χ4n) is 8.48. The predicted molar refractivity (Wildman–Crippen MR) is 185 cm³/mol. The van der Waals surface area contributed by atoms with Crippen LogP contribution < -0.4 is 15.4 Å². The Morgan fingerprint density at radius 1 is 1.08 bits per heavy atom. The number of nitrogens with zero attached hydrogens (tertiary/aromatic N) is 7. The SMILES string of the molecule is Nc1cc(Cl)c(C(F)(F)F)c([C@@H]2Cc3nc(OC[C@@]45CCCN4C/C(=C\F)C5)nc(N4CCCn5nc(C(=O)N6CCCC6)c(Cl)c5C4)c3CO2)c1.